The number of nitro groups is 1. The molecule has 3 rings (SSSR count). The van der Waals surface area contributed by atoms with E-state index in [1.807, 2.05) is 6.92 Å². The molecule has 0 fully saturated rings. The molecular formula is C16H15ClN6O4. The summed E-state index contributed by atoms with van der Waals surface area (Å²) in [5.74, 6) is -0.901. The summed E-state index contributed by atoms with van der Waals surface area (Å²) in [4.78, 5) is 22.5. The first-order valence-electron chi connectivity index (χ1n) is 7.78. The van der Waals surface area contributed by atoms with Gasteiger partial charge in [-0.05, 0) is 26.0 Å². The van der Waals surface area contributed by atoms with Gasteiger partial charge in [-0.1, -0.05) is 11.6 Å². The number of carbonyl (C=O) groups is 1. The Morgan fingerprint density at radius 1 is 1.33 bits per heavy atom. The first-order valence-corrected chi connectivity index (χ1v) is 8.15. The number of nitrogens with zero attached hydrogens (tertiary/aromatic N) is 5. The average molecular weight is 391 g/mol. The van der Waals surface area contributed by atoms with Crippen LogP contribution >= 0.6 is 11.6 Å². The normalized spacial score (nSPS) is 10.8. The third kappa shape index (κ3) is 3.75. The zero-order valence-corrected chi connectivity index (χ0v) is 15.1. The Bertz CT molecular complexity index is 1040. The van der Waals surface area contributed by atoms with Crippen LogP contribution in [0.25, 0.3) is 0 Å². The van der Waals surface area contributed by atoms with Crippen molar-refractivity contribution < 1.29 is 14.8 Å². The average Bonchev–Trinajstić information content (AvgIpc) is 3.18. The van der Waals surface area contributed by atoms with Crippen LogP contribution in [0.3, 0.4) is 0 Å². The molecule has 0 unspecified atom stereocenters. The molecule has 0 saturated carbocycles. The van der Waals surface area contributed by atoms with Gasteiger partial charge in [0.15, 0.2) is 5.69 Å². The van der Waals surface area contributed by atoms with Gasteiger partial charge < -0.3 is 10.4 Å². The molecule has 0 spiro atoms. The predicted octanol–water partition coefficient (Wildman–Crippen LogP) is 2.72. The highest BCUT2D eigenvalue weighted by Crippen LogP contribution is 2.28. The lowest BCUT2D eigenvalue weighted by Crippen LogP contribution is -2.16. The number of amides is 1. The van der Waals surface area contributed by atoms with Crippen molar-refractivity contribution in [3.05, 3.63) is 62.7 Å². The minimum atomic E-state index is -0.622. The van der Waals surface area contributed by atoms with Crippen LogP contribution in [0.15, 0.2) is 30.5 Å². The van der Waals surface area contributed by atoms with Crippen molar-refractivity contribution in [3.63, 3.8) is 0 Å². The molecule has 0 saturated heterocycles. The van der Waals surface area contributed by atoms with Crippen LogP contribution in [0.2, 0.25) is 5.02 Å². The number of nitrogens with one attached hydrogen (secondary N) is 1. The SMILES string of the molecule is Cc1nn(Cn2ccc(C(=O)Nc3cc([N+](=O)[O-])ccc3O)n2)c(C)c1Cl. The Balaban J connectivity index is 1.76. The number of nitro benzene ring substituents is 1. The summed E-state index contributed by atoms with van der Waals surface area (Å²) in [7, 11) is 0. The summed E-state index contributed by atoms with van der Waals surface area (Å²) in [5.41, 5.74) is 1.22. The largest absolute Gasteiger partial charge is 0.506 e. The molecule has 0 aliphatic rings. The molecule has 0 atom stereocenters. The summed E-state index contributed by atoms with van der Waals surface area (Å²) < 4.78 is 3.15. The van der Waals surface area contributed by atoms with Gasteiger partial charge in [-0.25, -0.2) is 4.68 Å². The minimum Gasteiger partial charge on any atom is -0.506 e. The number of aromatic nitrogens is 4. The second-order valence-corrected chi connectivity index (χ2v) is 6.16. The fourth-order valence-electron chi connectivity index (χ4n) is 2.44. The number of non-ortho nitro benzene ring substituents is 1. The van der Waals surface area contributed by atoms with Crippen LogP contribution in [0.5, 0.6) is 5.75 Å². The Morgan fingerprint density at radius 3 is 2.70 bits per heavy atom. The molecule has 1 amide bonds. The van der Waals surface area contributed by atoms with Crippen LogP contribution in [0.1, 0.15) is 21.9 Å². The summed E-state index contributed by atoms with van der Waals surface area (Å²) in [6.07, 6.45) is 1.59. The number of aromatic hydroxyl groups is 1. The lowest BCUT2D eigenvalue weighted by Gasteiger charge is -2.06. The molecule has 10 nitrogen and oxygen atoms in total. The van der Waals surface area contributed by atoms with Gasteiger partial charge in [0, 0.05) is 18.3 Å². The van der Waals surface area contributed by atoms with Gasteiger partial charge in [-0.15, -0.1) is 0 Å². The fraction of sp³-hybridized carbons (Fsp3) is 0.188. The highest BCUT2D eigenvalue weighted by molar-refractivity contribution is 6.31. The molecule has 0 radical (unpaired) electrons. The monoisotopic (exact) mass is 390 g/mol. The van der Waals surface area contributed by atoms with E-state index in [4.69, 9.17) is 11.6 Å². The number of hydrogen-bond donors (Lipinski definition) is 2. The first kappa shape index (κ1) is 18.4. The molecule has 2 N–H and O–H groups in total. The quantitative estimate of drug-likeness (QED) is 0.391. The van der Waals surface area contributed by atoms with Crippen LogP contribution < -0.4 is 5.32 Å². The van der Waals surface area contributed by atoms with E-state index in [1.165, 1.54) is 10.7 Å². The Morgan fingerprint density at radius 2 is 2.07 bits per heavy atom. The van der Waals surface area contributed by atoms with E-state index in [0.29, 0.717) is 10.7 Å². The van der Waals surface area contributed by atoms with E-state index in [1.54, 1.807) is 17.8 Å². The smallest absolute Gasteiger partial charge is 0.276 e. The number of halogens is 1. The molecular weight excluding hydrogens is 376 g/mol. The number of phenols is 1. The standard InChI is InChI=1S/C16H15ClN6O4/c1-9-15(17)10(2)22(19-9)8-21-6-5-12(20-21)16(25)18-13-7-11(23(26)27)3-4-14(13)24/h3-7,24H,8H2,1-2H3,(H,18,25). The maximum atomic E-state index is 12.3. The number of aryl methyl sites for hydroxylation is 1. The van der Waals surface area contributed by atoms with Crippen LogP contribution in [-0.2, 0) is 6.67 Å². The summed E-state index contributed by atoms with van der Waals surface area (Å²) in [6.45, 7) is 3.87. The maximum Gasteiger partial charge on any atom is 0.276 e. The number of anilines is 1. The predicted molar refractivity (Wildman–Crippen MR) is 97.1 cm³/mol. The van der Waals surface area contributed by atoms with E-state index in [-0.39, 0.29) is 29.5 Å². The van der Waals surface area contributed by atoms with E-state index < -0.39 is 10.8 Å². The van der Waals surface area contributed by atoms with Gasteiger partial charge in [0.1, 0.15) is 12.4 Å². The highest BCUT2D eigenvalue weighted by Gasteiger charge is 2.16. The Labute approximate surface area is 158 Å². The van der Waals surface area contributed by atoms with Crippen molar-refractivity contribution in [1.82, 2.24) is 19.6 Å². The molecule has 2 heterocycles. The molecule has 11 heteroatoms. The van der Waals surface area contributed by atoms with Gasteiger partial charge >= 0.3 is 0 Å². The summed E-state index contributed by atoms with van der Waals surface area (Å²) >= 11 is 6.11. The van der Waals surface area contributed by atoms with Crippen LogP contribution in [0.4, 0.5) is 11.4 Å². The second kappa shape index (κ2) is 7.08. The number of phenolic OH excluding ortho intramolecular Hbond substituents is 1. The topological polar surface area (TPSA) is 128 Å². The number of hydrogen-bond acceptors (Lipinski definition) is 6. The van der Waals surface area contributed by atoms with E-state index >= 15 is 0 Å². The van der Waals surface area contributed by atoms with Crippen LogP contribution in [0, 0.1) is 24.0 Å². The van der Waals surface area contributed by atoms with Crippen LogP contribution in [-0.4, -0.2) is 35.5 Å². The van der Waals surface area contributed by atoms with Gasteiger partial charge in [-0.2, -0.15) is 10.2 Å². The lowest BCUT2D eigenvalue weighted by molar-refractivity contribution is -0.384. The maximum absolute atomic E-state index is 12.3. The van der Waals surface area contributed by atoms with Gasteiger partial charge in [-0.3, -0.25) is 19.6 Å². The van der Waals surface area contributed by atoms with E-state index in [0.717, 1.165) is 23.9 Å². The minimum absolute atomic E-state index is 0.0749. The number of benzene rings is 1. The number of rotatable bonds is 5. The zero-order chi connectivity index (χ0) is 19.7. The van der Waals surface area contributed by atoms with E-state index in [2.05, 4.69) is 15.5 Å². The first-order chi connectivity index (χ1) is 12.8. The van der Waals surface area contributed by atoms with Crippen molar-refractivity contribution >= 4 is 28.9 Å². The third-order valence-electron chi connectivity index (χ3n) is 3.88. The highest BCUT2D eigenvalue weighted by atomic mass is 35.5. The molecule has 140 valence electrons. The van der Waals surface area contributed by atoms with Crippen molar-refractivity contribution in [1.29, 1.82) is 0 Å². The molecule has 27 heavy (non-hydrogen) atoms. The van der Waals surface area contributed by atoms with Gasteiger partial charge in [0.05, 0.1) is 27.0 Å². The fourth-order valence-corrected chi connectivity index (χ4v) is 2.57. The van der Waals surface area contributed by atoms with Crippen molar-refractivity contribution in [2.45, 2.75) is 20.5 Å². The second-order valence-electron chi connectivity index (χ2n) is 5.78. The Kier molecular flexibility index (Phi) is 4.82. The van der Waals surface area contributed by atoms with Crippen molar-refractivity contribution in [2.24, 2.45) is 0 Å². The zero-order valence-electron chi connectivity index (χ0n) is 14.4. The lowest BCUT2D eigenvalue weighted by atomic mass is 10.2. The summed E-state index contributed by atoms with van der Waals surface area (Å²) in [5, 5.41) is 32.0. The third-order valence-corrected chi connectivity index (χ3v) is 4.43. The molecule has 0 bridgehead atoms. The Hall–Kier alpha value is -3.40. The molecule has 2 aromatic heterocycles. The van der Waals surface area contributed by atoms with Crippen molar-refractivity contribution in [2.75, 3.05) is 5.32 Å². The number of carbonyl (C=O) groups excluding carboxylic acids is 1. The molecule has 3 aromatic rings. The molecule has 0 aliphatic heterocycles. The molecule has 1 aromatic carbocycles. The van der Waals surface area contributed by atoms with Crippen molar-refractivity contribution in [3.8, 4) is 5.75 Å². The molecule has 0 aliphatic carbocycles. The van der Waals surface area contributed by atoms with Gasteiger partial charge in [0.2, 0.25) is 0 Å². The van der Waals surface area contributed by atoms with E-state index in [9.17, 15) is 20.0 Å². The van der Waals surface area contributed by atoms with Gasteiger partial charge in [0.25, 0.3) is 11.6 Å². The summed E-state index contributed by atoms with van der Waals surface area (Å²) in [6, 6.07) is 4.83.